The molecule has 1 aromatic carbocycles. The molecule has 0 bridgehead atoms. The summed E-state index contributed by atoms with van der Waals surface area (Å²) in [5, 5.41) is 41.2. The molecule has 1 aromatic rings. The Labute approximate surface area is 176 Å². The molecule has 9 nitrogen and oxygen atoms in total. The largest absolute Gasteiger partial charge is 0.412 e. The van der Waals surface area contributed by atoms with Crippen LogP contribution in [0.3, 0.4) is 0 Å². The van der Waals surface area contributed by atoms with E-state index in [4.69, 9.17) is 14.2 Å². The Morgan fingerprint density at radius 3 is 2.20 bits per heavy atom. The Morgan fingerprint density at radius 2 is 1.67 bits per heavy atom. The minimum atomic E-state index is -1.51. The molecule has 5 N–H and O–H groups in total. The van der Waals surface area contributed by atoms with Gasteiger partial charge >= 0.3 is 6.09 Å². The van der Waals surface area contributed by atoms with Gasteiger partial charge in [-0.1, -0.05) is 45.9 Å². The number of carbonyl (C=O) groups excluding carboxylic acids is 1. The quantitative estimate of drug-likeness (QED) is 0.385. The van der Waals surface area contributed by atoms with Crippen molar-refractivity contribution >= 4 is 6.09 Å². The van der Waals surface area contributed by atoms with E-state index < -0.39 is 43.4 Å². The van der Waals surface area contributed by atoms with Crippen molar-refractivity contribution in [2.75, 3.05) is 19.8 Å². The van der Waals surface area contributed by atoms with Gasteiger partial charge in [0.15, 0.2) is 6.29 Å². The van der Waals surface area contributed by atoms with Crippen molar-refractivity contribution < 1.29 is 39.4 Å². The van der Waals surface area contributed by atoms with E-state index in [1.807, 2.05) is 45.9 Å². The first-order valence-corrected chi connectivity index (χ1v) is 10.2. The molecule has 9 heteroatoms. The summed E-state index contributed by atoms with van der Waals surface area (Å²) in [4.78, 5) is 12.3. The second-order valence-electron chi connectivity index (χ2n) is 7.96. The molecular formula is C21H33NO8. The molecule has 0 spiro atoms. The number of aliphatic hydroxyl groups excluding tert-OH is 4. The molecule has 1 aliphatic heterocycles. The van der Waals surface area contributed by atoms with Gasteiger partial charge in [0, 0.05) is 6.54 Å². The number of benzene rings is 1. The van der Waals surface area contributed by atoms with Crippen LogP contribution in [0.2, 0.25) is 0 Å². The van der Waals surface area contributed by atoms with Crippen LogP contribution in [-0.2, 0) is 9.47 Å². The molecule has 0 radical (unpaired) electrons. The molecule has 2 rings (SSSR count). The molecule has 30 heavy (non-hydrogen) atoms. The molecule has 170 valence electrons. The van der Waals surface area contributed by atoms with Gasteiger partial charge in [0.05, 0.1) is 13.2 Å². The van der Waals surface area contributed by atoms with Gasteiger partial charge in [0.25, 0.3) is 0 Å². The van der Waals surface area contributed by atoms with Crippen LogP contribution in [0.25, 0.3) is 0 Å². The smallest absolute Gasteiger partial charge is 0.410 e. The van der Waals surface area contributed by atoms with Crippen molar-refractivity contribution in [3.8, 4) is 5.75 Å². The monoisotopic (exact) mass is 427 g/mol. The number of ether oxygens (including phenoxy) is 3. The summed E-state index contributed by atoms with van der Waals surface area (Å²) in [7, 11) is 0. The van der Waals surface area contributed by atoms with Crippen LogP contribution in [0, 0.1) is 0 Å². The molecule has 1 saturated heterocycles. The van der Waals surface area contributed by atoms with Crippen molar-refractivity contribution in [1.82, 2.24) is 5.32 Å². The summed E-state index contributed by atoms with van der Waals surface area (Å²) in [6, 6.07) is 5.81. The minimum absolute atomic E-state index is 0.0410. The van der Waals surface area contributed by atoms with E-state index in [9.17, 15) is 25.2 Å². The third-order valence-corrected chi connectivity index (χ3v) is 5.02. The molecule has 0 aliphatic carbocycles. The van der Waals surface area contributed by atoms with Gasteiger partial charge in [-0.15, -0.1) is 0 Å². The van der Waals surface area contributed by atoms with Crippen molar-refractivity contribution in [3.63, 3.8) is 0 Å². The predicted octanol–water partition coefficient (Wildman–Crippen LogP) is 0.838. The first kappa shape index (κ1) is 24.5. The average Bonchev–Trinajstić information content (AvgIpc) is 2.70. The van der Waals surface area contributed by atoms with E-state index in [0.29, 0.717) is 5.75 Å². The van der Waals surface area contributed by atoms with E-state index >= 15 is 0 Å². The summed E-state index contributed by atoms with van der Waals surface area (Å²) in [6.07, 6.45) is -7.38. The van der Waals surface area contributed by atoms with E-state index in [1.165, 1.54) is 0 Å². The Balaban J connectivity index is 1.89. The maximum absolute atomic E-state index is 12.3. The second-order valence-corrected chi connectivity index (χ2v) is 7.96. The van der Waals surface area contributed by atoms with Crippen molar-refractivity contribution in [1.29, 1.82) is 0 Å². The molecule has 0 saturated carbocycles. The molecule has 1 amide bonds. The van der Waals surface area contributed by atoms with Crippen LogP contribution in [-0.4, -0.2) is 77.0 Å². The SMILES string of the molecule is CC(C)c1cccc(C(C)C)c1OC(=O)NCCOC1OC(CO)C(O)C(O)C1O. The minimum Gasteiger partial charge on any atom is -0.410 e. The van der Waals surface area contributed by atoms with Gasteiger partial charge in [-0.05, 0) is 23.0 Å². The Hall–Kier alpha value is -1.75. The fourth-order valence-corrected chi connectivity index (χ4v) is 3.26. The van der Waals surface area contributed by atoms with Gasteiger partial charge in [-0.2, -0.15) is 0 Å². The van der Waals surface area contributed by atoms with Gasteiger partial charge in [0.2, 0.25) is 0 Å². The third kappa shape index (κ3) is 5.90. The lowest BCUT2D eigenvalue weighted by Crippen LogP contribution is -2.59. The standard InChI is InChI=1S/C21H33NO8/c1-11(2)13-6-5-7-14(12(3)4)19(13)30-21(27)22-8-9-28-20-18(26)17(25)16(24)15(10-23)29-20/h5-7,11-12,15-18,20,23-26H,8-10H2,1-4H3,(H,22,27). The van der Waals surface area contributed by atoms with Crippen molar-refractivity contribution in [2.45, 2.75) is 70.2 Å². The topological polar surface area (TPSA) is 138 Å². The highest BCUT2D eigenvalue weighted by atomic mass is 16.7. The Morgan fingerprint density at radius 1 is 1.07 bits per heavy atom. The first-order chi connectivity index (χ1) is 14.2. The number of nitrogens with one attached hydrogen (secondary N) is 1. The lowest BCUT2D eigenvalue weighted by Gasteiger charge is -2.39. The molecule has 5 atom stereocenters. The fourth-order valence-electron chi connectivity index (χ4n) is 3.26. The van der Waals surface area contributed by atoms with Gasteiger partial charge < -0.3 is 40.0 Å². The number of para-hydroxylation sites is 1. The molecule has 1 heterocycles. The normalized spacial score (nSPS) is 26.8. The number of amides is 1. The predicted molar refractivity (Wildman–Crippen MR) is 108 cm³/mol. The number of rotatable bonds is 8. The molecular weight excluding hydrogens is 394 g/mol. The molecule has 5 unspecified atom stereocenters. The summed E-state index contributed by atoms with van der Waals surface area (Å²) in [5.74, 6) is 0.914. The zero-order valence-corrected chi connectivity index (χ0v) is 17.8. The van der Waals surface area contributed by atoms with E-state index in [-0.39, 0.29) is 25.0 Å². The summed E-state index contributed by atoms with van der Waals surface area (Å²) >= 11 is 0. The van der Waals surface area contributed by atoms with Gasteiger partial charge in [-0.3, -0.25) is 0 Å². The van der Waals surface area contributed by atoms with Crippen LogP contribution in [0.4, 0.5) is 4.79 Å². The highest BCUT2D eigenvalue weighted by Crippen LogP contribution is 2.34. The van der Waals surface area contributed by atoms with Crippen LogP contribution in [0.15, 0.2) is 18.2 Å². The maximum Gasteiger partial charge on any atom is 0.412 e. The number of carbonyl (C=O) groups is 1. The Bertz CT molecular complexity index is 667. The highest BCUT2D eigenvalue weighted by Gasteiger charge is 2.43. The molecule has 1 aliphatic rings. The summed E-state index contributed by atoms with van der Waals surface area (Å²) in [5.41, 5.74) is 1.88. The van der Waals surface area contributed by atoms with Crippen LogP contribution in [0.1, 0.15) is 50.7 Å². The van der Waals surface area contributed by atoms with Crippen molar-refractivity contribution in [3.05, 3.63) is 29.3 Å². The van der Waals surface area contributed by atoms with E-state index in [1.54, 1.807) is 0 Å². The summed E-state index contributed by atoms with van der Waals surface area (Å²) < 4.78 is 16.2. The third-order valence-electron chi connectivity index (χ3n) is 5.02. The van der Waals surface area contributed by atoms with Crippen LogP contribution in [0.5, 0.6) is 5.75 Å². The Kier molecular flexibility index (Phi) is 9.02. The molecule has 1 fully saturated rings. The van der Waals surface area contributed by atoms with Crippen LogP contribution >= 0.6 is 0 Å². The maximum atomic E-state index is 12.3. The second kappa shape index (κ2) is 11.0. The lowest BCUT2D eigenvalue weighted by molar-refractivity contribution is -0.300. The zero-order chi connectivity index (χ0) is 22.4. The number of aliphatic hydroxyl groups is 4. The zero-order valence-electron chi connectivity index (χ0n) is 17.8. The van der Waals surface area contributed by atoms with E-state index in [2.05, 4.69) is 5.32 Å². The highest BCUT2D eigenvalue weighted by molar-refractivity contribution is 5.71. The average molecular weight is 427 g/mol. The molecule has 0 aromatic heterocycles. The summed E-state index contributed by atoms with van der Waals surface area (Å²) in [6.45, 7) is 7.59. The van der Waals surface area contributed by atoms with Crippen molar-refractivity contribution in [2.24, 2.45) is 0 Å². The van der Waals surface area contributed by atoms with Crippen LogP contribution < -0.4 is 10.1 Å². The van der Waals surface area contributed by atoms with Gasteiger partial charge in [-0.25, -0.2) is 4.79 Å². The van der Waals surface area contributed by atoms with E-state index in [0.717, 1.165) is 11.1 Å². The lowest BCUT2D eigenvalue weighted by atomic mass is 9.94. The first-order valence-electron chi connectivity index (χ1n) is 10.2. The fraction of sp³-hybridized carbons (Fsp3) is 0.667. The van der Waals surface area contributed by atoms with Gasteiger partial charge in [0.1, 0.15) is 30.2 Å². The number of hydrogen-bond donors (Lipinski definition) is 5. The number of hydrogen-bond acceptors (Lipinski definition) is 8.